The zero-order valence-corrected chi connectivity index (χ0v) is 11.4. The molecule has 0 bridgehead atoms. The molecule has 1 saturated carbocycles. The van der Waals surface area contributed by atoms with Gasteiger partial charge in [0.2, 0.25) is 0 Å². The highest BCUT2D eigenvalue weighted by molar-refractivity contribution is 8.00. The van der Waals surface area contributed by atoms with Gasteiger partial charge < -0.3 is 5.73 Å². The van der Waals surface area contributed by atoms with Gasteiger partial charge in [0.15, 0.2) is 0 Å². The lowest BCUT2D eigenvalue weighted by Gasteiger charge is -2.20. The van der Waals surface area contributed by atoms with E-state index in [1.165, 1.54) is 37.0 Å². The average Bonchev–Trinajstić information content (AvgIpc) is 2.40. The Balaban J connectivity index is 1.93. The molecular weight excluding hydrogens is 228 g/mol. The molecule has 1 atom stereocenters. The molecule has 1 aromatic rings. The molecule has 1 aliphatic rings. The predicted molar refractivity (Wildman–Crippen MR) is 74.2 cm³/mol. The Hall–Kier alpha value is -0.540. The fourth-order valence-corrected chi connectivity index (χ4v) is 3.48. The summed E-state index contributed by atoms with van der Waals surface area (Å²) in [6.07, 6.45) is 9.86. The molecule has 17 heavy (non-hydrogen) atoms. The maximum Gasteiger partial charge on any atom is 0.0571 e. The first-order valence-electron chi connectivity index (χ1n) is 6.67. The Morgan fingerprint density at radius 3 is 2.71 bits per heavy atom. The molecule has 2 nitrogen and oxygen atoms in total. The van der Waals surface area contributed by atoms with E-state index in [-0.39, 0.29) is 6.04 Å². The Labute approximate surface area is 108 Å². The van der Waals surface area contributed by atoms with Crippen LogP contribution in [0.1, 0.15) is 57.2 Å². The van der Waals surface area contributed by atoms with Gasteiger partial charge in [-0.15, -0.1) is 11.8 Å². The summed E-state index contributed by atoms with van der Waals surface area (Å²) in [5.41, 5.74) is 6.97. The first-order valence-corrected chi connectivity index (χ1v) is 7.55. The summed E-state index contributed by atoms with van der Waals surface area (Å²) in [6.45, 7) is 2.09. The maximum absolute atomic E-state index is 5.96. The van der Waals surface area contributed by atoms with E-state index in [2.05, 4.69) is 24.0 Å². The highest BCUT2D eigenvalue weighted by atomic mass is 32.2. The highest BCUT2D eigenvalue weighted by Crippen LogP contribution is 2.33. The van der Waals surface area contributed by atoms with Crippen LogP contribution in [0.25, 0.3) is 0 Å². The number of hydrogen-bond donors (Lipinski definition) is 1. The van der Waals surface area contributed by atoms with Crippen molar-refractivity contribution in [1.82, 2.24) is 4.98 Å². The van der Waals surface area contributed by atoms with Gasteiger partial charge in [0.05, 0.1) is 5.69 Å². The third kappa shape index (κ3) is 3.71. The normalized spacial score (nSPS) is 19.2. The van der Waals surface area contributed by atoms with Crippen LogP contribution < -0.4 is 5.73 Å². The van der Waals surface area contributed by atoms with Crippen molar-refractivity contribution >= 4 is 11.8 Å². The standard InChI is InChI=1S/C14H22N2S/c1-2-13(15)14-9-8-12(10-16-14)17-11-6-4-3-5-7-11/h8-11,13H,2-7,15H2,1H3. The number of rotatable bonds is 4. The number of aromatic nitrogens is 1. The molecule has 0 amide bonds. The SMILES string of the molecule is CCC(N)c1ccc(SC2CCCCC2)cn1. The second-order valence-corrected chi connectivity index (χ2v) is 6.19. The van der Waals surface area contributed by atoms with Crippen LogP contribution in [0.5, 0.6) is 0 Å². The largest absolute Gasteiger partial charge is 0.323 e. The number of pyridine rings is 1. The highest BCUT2D eigenvalue weighted by Gasteiger charge is 2.14. The van der Waals surface area contributed by atoms with E-state index in [1.807, 2.05) is 18.0 Å². The zero-order valence-electron chi connectivity index (χ0n) is 10.6. The van der Waals surface area contributed by atoms with Crippen LogP contribution in [-0.4, -0.2) is 10.2 Å². The van der Waals surface area contributed by atoms with E-state index < -0.39 is 0 Å². The molecule has 0 saturated heterocycles. The molecule has 1 aliphatic carbocycles. The minimum Gasteiger partial charge on any atom is -0.323 e. The minimum atomic E-state index is 0.0868. The molecule has 3 heteroatoms. The van der Waals surface area contributed by atoms with Crippen molar-refractivity contribution < 1.29 is 0 Å². The minimum absolute atomic E-state index is 0.0868. The summed E-state index contributed by atoms with van der Waals surface area (Å²) in [4.78, 5) is 5.76. The fraction of sp³-hybridized carbons (Fsp3) is 0.643. The average molecular weight is 250 g/mol. The van der Waals surface area contributed by atoms with Gasteiger partial charge in [-0.05, 0) is 31.4 Å². The molecule has 1 heterocycles. The van der Waals surface area contributed by atoms with E-state index in [4.69, 9.17) is 5.73 Å². The van der Waals surface area contributed by atoms with Crippen molar-refractivity contribution in [3.8, 4) is 0 Å². The molecule has 0 aromatic carbocycles. The molecule has 1 fully saturated rings. The van der Waals surface area contributed by atoms with Gasteiger partial charge in [-0.1, -0.05) is 26.2 Å². The van der Waals surface area contributed by atoms with Crippen LogP contribution in [0.15, 0.2) is 23.2 Å². The molecular formula is C14H22N2S. The summed E-state index contributed by atoms with van der Waals surface area (Å²) in [6, 6.07) is 4.35. The Morgan fingerprint density at radius 1 is 1.35 bits per heavy atom. The van der Waals surface area contributed by atoms with Crippen LogP contribution in [0, 0.1) is 0 Å². The fourth-order valence-electron chi connectivity index (χ4n) is 2.27. The van der Waals surface area contributed by atoms with Crippen molar-refractivity contribution in [2.45, 2.75) is 61.6 Å². The van der Waals surface area contributed by atoms with Gasteiger partial charge in [0.25, 0.3) is 0 Å². The Kier molecular flexibility index (Phi) is 4.86. The Morgan fingerprint density at radius 2 is 2.12 bits per heavy atom. The van der Waals surface area contributed by atoms with E-state index in [0.29, 0.717) is 0 Å². The van der Waals surface area contributed by atoms with Gasteiger partial charge >= 0.3 is 0 Å². The molecule has 1 aromatic heterocycles. The van der Waals surface area contributed by atoms with Crippen LogP contribution >= 0.6 is 11.8 Å². The van der Waals surface area contributed by atoms with E-state index in [1.54, 1.807) is 0 Å². The zero-order chi connectivity index (χ0) is 12.1. The third-order valence-electron chi connectivity index (χ3n) is 3.43. The molecule has 2 rings (SSSR count). The number of nitrogens with zero attached hydrogens (tertiary/aromatic N) is 1. The Bertz CT molecular complexity index is 331. The number of hydrogen-bond acceptors (Lipinski definition) is 3. The van der Waals surface area contributed by atoms with Gasteiger partial charge in [0, 0.05) is 22.4 Å². The molecule has 1 unspecified atom stereocenters. The van der Waals surface area contributed by atoms with Gasteiger partial charge in [-0.2, -0.15) is 0 Å². The van der Waals surface area contributed by atoms with Crippen molar-refractivity contribution in [3.63, 3.8) is 0 Å². The van der Waals surface area contributed by atoms with Gasteiger partial charge in [0.1, 0.15) is 0 Å². The van der Waals surface area contributed by atoms with Gasteiger partial charge in [-0.25, -0.2) is 0 Å². The lowest BCUT2D eigenvalue weighted by atomic mass is 10.0. The summed E-state index contributed by atoms with van der Waals surface area (Å²) in [7, 11) is 0. The second-order valence-electron chi connectivity index (χ2n) is 4.81. The van der Waals surface area contributed by atoms with Crippen LogP contribution in [-0.2, 0) is 0 Å². The van der Waals surface area contributed by atoms with Crippen LogP contribution in [0.2, 0.25) is 0 Å². The lowest BCUT2D eigenvalue weighted by molar-refractivity contribution is 0.516. The smallest absolute Gasteiger partial charge is 0.0571 e. The first-order chi connectivity index (χ1) is 8.29. The van der Waals surface area contributed by atoms with E-state index in [9.17, 15) is 0 Å². The van der Waals surface area contributed by atoms with Crippen LogP contribution in [0.4, 0.5) is 0 Å². The third-order valence-corrected chi connectivity index (χ3v) is 4.75. The molecule has 0 radical (unpaired) electrons. The summed E-state index contributed by atoms with van der Waals surface area (Å²) in [5, 5.41) is 0.802. The summed E-state index contributed by atoms with van der Waals surface area (Å²) >= 11 is 1.99. The number of nitrogens with two attached hydrogens (primary N) is 1. The van der Waals surface area contributed by atoms with Crippen molar-refractivity contribution in [3.05, 3.63) is 24.0 Å². The van der Waals surface area contributed by atoms with Gasteiger partial charge in [-0.3, -0.25) is 4.98 Å². The topological polar surface area (TPSA) is 38.9 Å². The quantitative estimate of drug-likeness (QED) is 0.880. The summed E-state index contributed by atoms with van der Waals surface area (Å²) < 4.78 is 0. The van der Waals surface area contributed by atoms with Crippen molar-refractivity contribution in [2.24, 2.45) is 5.73 Å². The second kappa shape index (κ2) is 6.41. The van der Waals surface area contributed by atoms with Crippen molar-refractivity contribution in [1.29, 1.82) is 0 Å². The van der Waals surface area contributed by atoms with E-state index in [0.717, 1.165) is 17.4 Å². The predicted octanol–water partition coefficient (Wildman–Crippen LogP) is 3.92. The maximum atomic E-state index is 5.96. The van der Waals surface area contributed by atoms with E-state index >= 15 is 0 Å². The number of thioether (sulfide) groups is 1. The summed E-state index contributed by atoms with van der Waals surface area (Å²) in [5.74, 6) is 0. The van der Waals surface area contributed by atoms with Crippen LogP contribution in [0.3, 0.4) is 0 Å². The molecule has 94 valence electrons. The lowest BCUT2D eigenvalue weighted by Crippen LogP contribution is -2.11. The molecule has 0 aliphatic heterocycles. The van der Waals surface area contributed by atoms with Crippen molar-refractivity contribution in [2.75, 3.05) is 0 Å². The monoisotopic (exact) mass is 250 g/mol. The first kappa shape index (κ1) is 12.9. The molecule has 0 spiro atoms. The molecule has 2 N–H and O–H groups in total.